The molecular weight excluding hydrogens is 412 g/mol. The Morgan fingerprint density at radius 1 is 1.10 bits per heavy atom. The van der Waals surface area contributed by atoms with Gasteiger partial charge in [-0.3, -0.25) is 9.36 Å². The van der Waals surface area contributed by atoms with E-state index in [1.54, 1.807) is 22.1 Å². The van der Waals surface area contributed by atoms with Crippen LogP contribution in [0.2, 0.25) is 0 Å². The number of thiophene rings is 1. The number of pyridine rings is 2. The first-order valence-corrected chi connectivity index (χ1v) is 11.5. The number of fused-ring (bicyclic) bond motifs is 1. The molecule has 4 heterocycles. The van der Waals surface area contributed by atoms with Crippen LogP contribution in [0.5, 0.6) is 0 Å². The number of aromatic nitrogens is 4. The third kappa shape index (κ3) is 3.69. The van der Waals surface area contributed by atoms with Crippen molar-refractivity contribution in [1.82, 2.24) is 19.7 Å². The van der Waals surface area contributed by atoms with Crippen LogP contribution in [0.25, 0.3) is 15.8 Å². The van der Waals surface area contributed by atoms with Gasteiger partial charge in [0.2, 0.25) is 5.89 Å². The van der Waals surface area contributed by atoms with Crippen LogP contribution in [0.4, 0.5) is 11.8 Å². The number of nitrogens with one attached hydrogen (secondary N) is 2. The second kappa shape index (κ2) is 7.49. The van der Waals surface area contributed by atoms with Crippen molar-refractivity contribution in [2.24, 2.45) is 0 Å². The van der Waals surface area contributed by atoms with Crippen molar-refractivity contribution in [2.45, 2.75) is 50.1 Å². The monoisotopic (exact) mass is 438 g/mol. The van der Waals surface area contributed by atoms with E-state index in [1.165, 1.54) is 0 Å². The first-order chi connectivity index (χ1) is 15.2. The van der Waals surface area contributed by atoms with E-state index in [0.29, 0.717) is 23.9 Å². The molecule has 2 N–H and O–H groups in total. The minimum atomic E-state index is -0.0164. The third-order valence-corrected chi connectivity index (χ3v) is 6.91. The number of anilines is 2. The van der Waals surface area contributed by atoms with Gasteiger partial charge in [0.05, 0.1) is 17.3 Å². The molecule has 0 spiro atoms. The van der Waals surface area contributed by atoms with Crippen LogP contribution in [0, 0.1) is 0 Å². The standard InChI is InChI=1S/C22H22N6O2S.2H2/c29-21-17-8-10-31-18(17)7-9-28(21)16-5-6-19(23-12-16)24-14-3-4-15(11-14)25-22-26-20(30-27-22)13-1-2-13;;/h5-10,12-15H,1-4,11H2,(H,23,24)(H,25,27);2*1H/t14-,15?;;/m0../s1. The van der Waals surface area contributed by atoms with Gasteiger partial charge >= 0.3 is 0 Å². The van der Waals surface area contributed by atoms with Crippen molar-refractivity contribution in [3.05, 3.63) is 58.3 Å². The van der Waals surface area contributed by atoms with E-state index in [9.17, 15) is 4.79 Å². The lowest BCUT2D eigenvalue weighted by Crippen LogP contribution is -2.22. The highest BCUT2D eigenvalue weighted by Gasteiger charge is 2.31. The summed E-state index contributed by atoms with van der Waals surface area (Å²) >= 11 is 1.57. The summed E-state index contributed by atoms with van der Waals surface area (Å²) in [6, 6.07) is 8.35. The normalized spacial score (nSPS) is 20.9. The summed E-state index contributed by atoms with van der Waals surface area (Å²) in [5.74, 6) is 2.65. The lowest BCUT2D eigenvalue weighted by atomic mass is 10.2. The van der Waals surface area contributed by atoms with Gasteiger partial charge in [0.15, 0.2) is 0 Å². The van der Waals surface area contributed by atoms with Crippen LogP contribution >= 0.6 is 11.3 Å². The Kier molecular flexibility index (Phi) is 4.48. The molecule has 8 nitrogen and oxygen atoms in total. The molecule has 2 fully saturated rings. The number of hydrogen-bond acceptors (Lipinski definition) is 8. The lowest BCUT2D eigenvalue weighted by Gasteiger charge is -2.15. The molecule has 1 unspecified atom stereocenters. The van der Waals surface area contributed by atoms with E-state index >= 15 is 0 Å². The molecular formula is C22H26N6O2S. The van der Waals surface area contributed by atoms with Gasteiger partial charge in [0.1, 0.15) is 5.82 Å². The molecule has 0 aliphatic heterocycles. The van der Waals surface area contributed by atoms with Gasteiger partial charge in [0, 0.05) is 31.8 Å². The number of rotatable bonds is 6. The summed E-state index contributed by atoms with van der Waals surface area (Å²) in [6.07, 6.45) is 8.91. The van der Waals surface area contributed by atoms with Crippen LogP contribution in [0.1, 0.15) is 46.8 Å². The molecule has 4 aromatic rings. The van der Waals surface area contributed by atoms with Gasteiger partial charge < -0.3 is 15.2 Å². The largest absolute Gasteiger partial charge is 0.367 e. The highest BCUT2D eigenvalue weighted by Crippen LogP contribution is 2.39. The minimum absolute atomic E-state index is 0. The van der Waals surface area contributed by atoms with Crippen LogP contribution < -0.4 is 16.2 Å². The molecule has 2 atom stereocenters. The van der Waals surface area contributed by atoms with Gasteiger partial charge in [-0.25, -0.2) is 4.98 Å². The molecule has 0 bridgehead atoms. The Morgan fingerprint density at radius 3 is 2.77 bits per heavy atom. The highest BCUT2D eigenvalue weighted by atomic mass is 32.1. The Balaban J connectivity index is 0.00000130. The zero-order valence-corrected chi connectivity index (χ0v) is 17.6. The fourth-order valence-electron chi connectivity index (χ4n) is 4.21. The smallest absolute Gasteiger partial charge is 0.263 e. The molecule has 2 aliphatic carbocycles. The summed E-state index contributed by atoms with van der Waals surface area (Å²) in [7, 11) is 0. The number of nitrogens with zero attached hydrogens (tertiary/aromatic N) is 4. The quantitative estimate of drug-likeness (QED) is 0.452. The first-order valence-electron chi connectivity index (χ1n) is 10.6. The Morgan fingerprint density at radius 2 is 1.97 bits per heavy atom. The fraction of sp³-hybridized carbons (Fsp3) is 0.364. The van der Waals surface area contributed by atoms with Crippen LogP contribution in [-0.4, -0.2) is 31.8 Å². The Bertz CT molecular complexity index is 1280. The van der Waals surface area contributed by atoms with Crippen molar-refractivity contribution < 1.29 is 7.38 Å². The van der Waals surface area contributed by atoms with E-state index in [0.717, 1.165) is 59.6 Å². The summed E-state index contributed by atoms with van der Waals surface area (Å²) in [5.41, 5.74) is 0.746. The zero-order chi connectivity index (χ0) is 20.8. The topological polar surface area (TPSA) is 97.9 Å². The van der Waals surface area contributed by atoms with Gasteiger partial charge in [0.25, 0.3) is 11.5 Å². The first kappa shape index (κ1) is 18.6. The van der Waals surface area contributed by atoms with Crippen molar-refractivity contribution in [3.63, 3.8) is 0 Å². The maximum absolute atomic E-state index is 12.7. The highest BCUT2D eigenvalue weighted by molar-refractivity contribution is 7.17. The number of hydrogen-bond donors (Lipinski definition) is 2. The molecule has 0 aromatic carbocycles. The average molecular weight is 439 g/mol. The average Bonchev–Trinajstić information content (AvgIpc) is 3.15. The lowest BCUT2D eigenvalue weighted by molar-refractivity contribution is 0.379. The van der Waals surface area contributed by atoms with E-state index < -0.39 is 0 Å². The van der Waals surface area contributed by atoms with Crippen molar-refractivity contribution in [3.8, 4) is 5.69 Å². The van der Waals surface area contributed by atoms with E-state index in [4.69, 9.17) is 4.52 Å². The predicted octanol–water partition coefficient (Wildman–Crippen LogP) is 4.64. The Labute approximate surface area is 185 Å². The fourth-order valence-corrected chi connectivity index (χ4v) is 4.98. The van der Waals surface area contributed by atoms with Gasteiger partial charge in [-0.2, -0.15) is 4.98 Å². The van der Waals surface area contributed by atoms with E-state index in [-0.39, 0.29) is 8.41 Å². The van der Waals surface area contributed by atoms with Crippen LogP contribution in [0.15, 0.2) is 51.4 Å². The summed E-state index contributed by atoms with van der Waals surface area (Å²) < 4.78 is 7.97. The maximum atomic E-state index is 12.7. The molecule has 31 heavy (non-hydrogen) atoms. The maximum Gasteiger partial charge on any atom is 0.263 e. The second-order valence-corrected chi connectivity index (χ2v) is 9.26. The van der Waals surface area contributed by atoms with Crippen molar-refractivity contribution in [2.75, 3.05) is 10.6 Å². The minimum Gasteiger partial charge on any atom is -0.367 e. The van der Waals surface area contributed by atoms with E-state index in [1.807, 2.05) is 35.8 Å². The molecule has 0 saturated heterocycles. The molecule has 6 rings (SSSR count). The predicted molar refractivity (Wildman–Crippen MR) is 124 cm³/mol. The summed E-state index contributed by atoms with van der Waals surface area (Å²) in [6.45, 7) is 0. The molecule has 4 aromatic heterocycles. The van der Waals surface area contributed by atoms with Gasteiger partial charge in [-0.15, -0.1) is 11.3 Å². The molecule has 2 aliphatic rings. The SMILES string of the molecule is O=c1c2ccsc2ccn1-c1ccc(N[C@H]2CCC(Nc3noc(C4CC4)n3)C2)nc1.[HH].[HH]. The summed E-state index contributed by atoms with van der Waals surface area (Å²) in [4.78, 5) is 21.7. The van der Waals surface area contributed by atoms with Crippen molar-refractivity contribution >= 4 is 33.2 Å². The molecule has 2 saturated carbocycles. The molecule has 0 amide bonds. The molecule has 162 valence electrons. The van der Waals surface area contributed by atoms with Crippen LogP contribution in [-0.2, 0) is 0 Å². The Hall–Kier alpha value is -3.20. The van der Waals surface area contributed by atoms with Gasteiger partial charge in [-0.1, -0.05) is 0 Å². The molecule has 9 heteroatoms. The summed E-state index contributed by atoms with van der Waals surface area (Å²) in [5, 5.41) is 13.6. The van der Waals surface area contributed by atoms with Gasteiger partial charge in [-0.05, 0) is 66.9 Å². The molecule has 0 radical (unpaired) electrons. The third-order valence-electron chi connectivity index (χ3n) is 6.03. The van der Waals surface area contributed by atoms with E-state index in [2.05, 4.69) is 25.8 Å². The zero-order valence-electron chi connectivity index (χ0n) is 16.8. The second-order valence-electron chi connectivity index (χ2n) is 8.32. The van der Waals surface area contributed by atoms with Crippen molar-refractivity contribution in [1.29, 1.82) is 0 Å². The van der Waals surface area contributed by atoms with Crippen LogP contribution in [0.3, 0.4) is 0 Å².